The third-order valence-corrected chi connectivity index (χ3v) is 3.59. The average molecular weight is 313 g/mol. The van der Waals surface area contributed by atoms with E-state index in [1.54, 1.807) is 7.11 Å². The van der Waals surface area contributed by atoms with Crippen LogP contribution in [-0.2, 0) is 4.79 Å². The number of carbonyl (C=O) groups is 1. The zero-order valence-corrected chi connectivity index (χ0v) is 11.9. The van der Waals surface area contributed by atoms with Crippen LogP contribution in [0.3, 0.4) is 0 Å². The maximum absolute atomic E-state index is 11.6. The van der Waals surface area contributed by atoms with Crippen LogP contribution in [-0.4, -0.2) is 19.6 Å². The molecule has 1 unspecified atom stereocenters. The van der Waals surface area contributed by atoms with Crippen LogP contribution < -0.4 is 15.8 Å². The van der Waals surface area contributed by atoms with Crippen molar-refractivity contribution in [2.45, 2.75) is 18.9 Å². The fraction of sp³-hybridized carbons (Fsp3) is 0.462. The van der Waals surface area contributed by atoms with Crippen molar-refractivity contribution < 1.29 is 9.53 Å². The molecule has 1 atom stereocenters. The van der Waals surface area contributed by atoms with Crippen molar-refractivity contribution in [2.75, 3.05) is 13.7 Å². The van der Waals surface area contributed by atoms with Gasteiger partial charge >= 0.3 is 0 Å². The Morgan fingerprint density at radius 1 is 1.61 bits per heavy atom. The minimum atomic E-state index is -0.502. The van der Waals surface area contributed by atoms with E-state index in [9.17, 15) is 4.79 Å². The number of halogens is 1. The monoisotopic (exact) mass is 312 g/mol. The lowest BCUT2D eigenvalue weighted by atomic mass is 10.0. The predicted octanol–water partition coefficient (Wildman–Crippen LogP) is 1.98. The fourth-order valence-corrected chi connectivity index (χ4v) is 2.28. The summed E-state index contributed by atoms with van der Waals surface area (Å²) in [6.07, 6.45) is 2.46. The average Bonchev–Trinajstić information content (AvgIpc) is 3.13. The molecule has 1 aliphatic rings. The highest BCUT2D eigenvalue weighted by molar-refractivity contribution is 9.10. The van der Waals surface area contributed by atoms with Gasteiger partial charge in [0.05, 0.1) is 7.11 Å². The summed E-state index contributed by atoms with van der Waals surface area (Å²) in [5, 5.41) is 3.22. The smallest absolute Gasteiger partial charge is 0.239 e. The van der Waals surface area contributed by atoms with Crippen LogP contribution in [0.1, 0.15) is 24.4 Å². The van der Waals surface area contributed by atoms with Crippen molar-refractivity contribution >= 4 is 21.8 Å². The van der Waals surface area contributed by atoms with Gasteiger partial charge in [0.25, 0.3) is 0 Å². The highest BCUT2D eigenvalue weighted by Gasteiger charge is 2.26. The second-order valence-corrected chi connectivity index (χ2v) is 5.49. The molecule has 1 amide bonds. The maximum atomic E-state index is 11.6. The second-order valence-electron chi connectivity index (χ2n) is 4.57. The summed E-state index contributed by atoms with van der Waals surface area (Å²) in [6.45, 7) is 0.823. The van der Waals surface area contributed by atoms with Gasteiger partial charge in [-0.3, -0.25) is 4.79 Å². The third kappa shape index (κ3) is 3.23. The first-order valence-electron chi connectivity index (χ1n) is 5.98. The molecule has 1 aliphatic carbocycles. The van der Waals surface area contributed by atoms with E-state index >= 15 is 0 Å². The van der Waals surface area contributed by atoms with Gasteiger partial charge in [0, 0.05) is 10.0 Å². The van der Waals surface area contributed by atoms with E-state index in [0.717, 1.165) is 16.6 Å². The van der Waals surface area contributed by atoms with E-state index in [2.05, 4.69) is 21.2 Å². The number of nitrogens with two attached hydrogens (primary N) is 1. The number of hydrogen-bond donors (Lipinski definition) is 2. The molecule has 0 aliphatic heterocycles. The van der Waals surface area contributed by atoms with Gasteiger partial charge in [0.2, 0.25) is 5.91 Å². The van der Waals surface area contributed by atoms with E-state index < -0.39 is 6.04 Å². The molecule has 98 valence electrons. The molecule has 1 aromatic carbocycles. The van der Waals surface area contributed by atoms with E-state index in [1.165, 1.54) is 12.8 Å². The number of primary amides is 1. The lowest BCUT2D eigenvalue weighted by Gasteiger charge is -2.18. The van der Waals surface area contributed by atoms with Crippen molar-refractivity contribution in [3.05, 3.63) is 28.2 Å². The highest BCUT2D eigenvalue weighted by Crippen LogP contribution is 2.31. The van der Waals surface area contributed by atoms with Crippen LogP contribution >= 0.6 is 15.9 Å². The Hall–Kier alpha value is -1.07. The van der Waals surface area contributed by atoms with Crippen molar-refractivity contribution in [1.29, 1.82) is 0 Å². The molecule has 0 heterocycles. The van der Waals surface area contributed by atoms with E-state index in [4.69, 9.17) is 10.5 Å². The number of methoxy groups -OCH3 is 1. The fourth-order valence-electron chi connectivity index (χ4n) is 1.90. The van der Waals surface area contributed by atoms with Crippen molar-refractivity contribution in [3.8, 4) is 5.75 Å². The Kier molecular flexibility index (Phi) is 4.24. The molecule has 18 heavy (non-hydrogen) atoms. The lowest BCUT2D eigenvalue weighted by molar-refractivity contribution is -0.120. The molecule has 0 bridgehead atoms. The Morgan fingerprint density at radius 3 is 2.89 bits per heavy atom. The summed E-state index contributed by atoms with van der Waals surface area (Å²) in [6, 6.07) is 5.07. The normalized spacial score (nSPS) is 16.3. The highest BCUT2D eigenvalue weighted by atomic mass is 79.9. The third-order valence-electron chi connectivity index (χ3n) is 3.09. The van der Waals surface area contributed by atoms with E-state index in [1.807, 2.05) is 18.2 Å². The number of nitrogens with one attached hydrogen (secondary N) is 1. The number of hydrogen-bond acceptors (Lipinski definition) is 3. The van der Waals surface area contributed by atoms with Crippen molar-refractivity contribution in [1.82, 2.24) is 5.32 Å². The first-order valence-corrected chi connectivity index (χ1v) is 6.77. The van der Waals surface area contributed by atoms with Gasteiger partial charge in [-0.1, -0.05) is 15.9 Å². The van der Waals surface area contributed by atoms with Crippen molar-refractivity contribution in [3.63, 3.8) is 0 Å². The Balaban J connectivity index is 2.21. The van der Waals surface area contributed by atoms with Gasteiger partial charge in [-0.05, 0) is 43.5 Å². The molecule has 4 nitrogen and oxygen atoms in total. The lowest BCUT2D eigenvalue weighted by Crippen LogP contribution is -2.35. The largest absolute Gasteiger partial charge is 0.496 e. The predicted molar refractivity (Wildman–Crippen MR) is 73.4 cm³/mol. The molecular formula is C13H17BrN2O2. The molecular weight excluding hydrogens is 296 g/mol. The number of amides is 1. The number of rotatable bonds is 6. The molecule has 3 N–H and O–H groups in total. The molecule has 5 heteroatoms. The molecule has 0 spiro atoms. The van der Waals surface area contributed by atoms with Crippen LogP contribution in [0.2, 0.25) is 0 Å². The summed E-state index contributed by atoms with van der Waals surface area (Å²) in [4.78, 5) is 11.6. The molecule has 0 saturated heterocycles. The van der Waals surface area contributed by atoms with Crippen LogP contribution in [0, 0.1) is 5.92 Å². The van der Waals surface area contributed by atoms with E-state index in [-0.39, 0.29) is 5.91 Å². The first-order chi connectivity index (χ1) is 8.61. The summed E-state index contributed by atoms with van der Waals surface area (Å²) in [5.74, 6) is 0.974. The van der Waals surface area contributed by atoms with Gasteiger partial charge in [-0.25, -0.2) is 0 Å². The topological polar surface area (TPSA) is 64.3 Å². The SMILES string of the molecule is COc1ccc(Br)cc1C(NCC1CC1)C(N)=O. The second kappa shape index (κ2) is 5.71. The Morgan fingerprint density at radius 2 is 2.33 bits per heavy atom. The number of benzene rings is 1. The molecule has 1 saturated carbocycles. The van der Waals surface area contributed by atoms with Crippen LogP contribution in [0.4, 0.5) is 0 Å². The number of ether oxygens (including phenoxy) is 1. The zero-order chi connectivity index (χ0) is 13.1. The molecule has 2 rings (SSSR count). The van der Waals surface area contributed by atoms with Crippen LogP contribution in [0.25, 0.3) is 0 Å². The minimum absolute atomic E-state index is 0.382. The van der Waals surface area contributed by atoms with Crippen molar-refractivity contribution in [2.24, 2.45) is 11.7 Å². The standard InChI is InChI=1S/C13H17BrN2O2/c1-18-11-5-4-9(14)6-10(11)12(13(15)17)16-7-8-2-3-8/h4-6,8,12,16H,2-3,7H2,1H3,(H2,15,17). The Labute approximate surface area is 115 Å². The zero-order valence-electron chi connectivity index (χ0n) is 10.3. The summed E-state index contributed by atoms with van der Waals surface area (Å²) in [5.41, 5.74) is 6.25. The van der Waals surface area contributed by atoms with Gasteiger partial charge in [0.15, 0.2) is 0 Å². The van der Waals surface area contributed by atoms with Gasteiger partial charge in [0.1, 0.15) is 11.8 Å². The summed E-state index contributed by atoms with van der Waals surface area (Å²) in [7, 11) is 1.59. The number of carbonyl (C=O) groups excluding carboxylic acids is 1. The van der Waals surface area contributed by atoms with Gasteiger partial charge in [-0.15, -0.1) is 0 Å². The summed E-state index contributed by atoms with van der Waals surface area (Å²) < 4.78 is 6.19. The van der Waals surface area contributed by atoms with Gasteiger partial charge < -0.3 is 15.8 Å². The summed E-state index contributed by atoms with van der Waals surface area (Å²) >= 11 is 3.40. The minimum Gasteiger partial charge on any atom is -0.496 e. The quantitative estimate of drug-likeness (QED) is 0.844. The Bertz CT molecular complexity index is 447. The maximum Gasteiger partial charge on any atom is 0.239 e. The molecule has 1 aromatic rings. The van der Waals surface area contributed by atoms with Crippen LogP contribution in [0.15, 0.2) is 22.7 Å². The van der Waals surface area contributed by atoms with Crippen LogP contribution in [0.5, 0.6) is 5.75 Å². The van der Waals surface area contributed by atoms with Gasteiger partial charge in [-0.2, -0.15) is 0 Å². The molecule has 0 radical (unpaired) electrons. The molecule has 0 aromatic heterocycles. The molecule has 1 fully saturated rings. The first kappa shape index (κ1) is 13.4. The van der Waals surface area contributed by atoms with E-state index in [0.29, 0.717) is 11.7 Å².